The molecule has 2 saturated heterocycles. The van der Waals surface area contributed by atoms with Gasteiger partial charge in [0.15, 0.2) is 0 Å². The molecule has 3 amide bonds. The fourth-order valence-corrected chi connectivity index (χ4v) is 5.57. The Balaban J connectivity index is 1.66. The van der Waals surface area contributed by atoms with Gasteiger partial charge in [0.1, 0.15) is 11.6 Å². The molecule has 4 aliphatic rings. The maximum Gasteiger partial charge on any atom is 0.246 e. The maximum atomic E-state index is 13.5. The highest BCUT2D eigenvalue weighted by atomic mass is 16.5. The summed E-state index contributed by atoms with van der Waals surface area (Å²) in [6, 6.07) is -0.767. The van der Waals surface area contributed by atoms with E-state index in [2.05, 4.69) is 10.6 Å². The summed E-state index contributed by atoms with van der Waals surface area (Å²) in [6.45, 7) is 9.54. The molecule has 29 heavy (non-hydrogen) atoms. The molecule has 5 atom stereocenters. The highest BCUT2D eigenvalue weighted by molar-refractivity contribution is 6.00. The van der Waals surface area contributed by atoms with Crippen LogP contribution in [0.15, 0.2) is 12.2 Å². The van der Waals surface area contributed by atoms with Crippen molar-refractivity contribution in [3.8, 4) is 0 Å². The van der Waals surface area contributed by atoms with Crippen molar-refractivity contribution < 1.29 is 19.1 Å². The second-order valence-corrected chi connectivity index (χ2v) is 10.3. The Morgan fingerprint density at radius 2 is 1.86 bits per heavy atom. The Kier molecular flexibility index (Phi) is 4.80. The standard InChI is InChI=1S/C22H33N3O4/c1-12(2)25-17(19(27)24-21(3,4)5)22-11-10-14(29-22)15(16(22)20(25)28)18(26)23-13-8-6-7-9-13/h10-17H,6-9H2,1-5H3,(H,23,26)(H,24,27)/t14-,15+,16-,17+,22+/m1/s1. The van der Waals surface area contributed by atoms with Crippen molar-refractivity contribution in [2.75, 3.05) is 0 Å². The second kappa shape index (κ2) is 6.83. The van der Waals surface area contributed by atoms with Gasteiger partial charge in [-0.3, -0.25) is 14.4 Å². The van der Waals surface area contributed by atoms with E-state index in [0.29, 0.717) is 0 Å². The smallest absolute Gasteiger partial charge is 0.246 e. The lowest BCUT2D eigenvalue weighted by Gasteiger charge is -2.36. The molecular formula is C22H33N3O4. The van der Waals surface area contributed by atoms with Gasteiger partial charge < -0.3 is 20.3 Å². The van der Waals surface area contributed by atoms with Gasteiger partial charge in [0.25, 0.3) is 0 Å². The van der Waals surface area contributed by atoms with Gasteiger partial charge in [-0.25, -0.2) is 0 Å². The van der Waals surface area contributed by atoms with E-state index in [9.17, 15) is 14.4 Å². The van der Waals surface area contributed by atoms with Crippen LogP contribution in [-0.2, 0) is 19.1 Å². The van der Waals surface area contributed by atoms with E-state index in [-0.39, 0.29) is 29.8 Å². The van der Waals surface area contributed by atoms with Crippen LogP contribution in [0.4, 0.5) is 0 Å². The molecule has 3 fully saturated rings. The zero-order valence-electron chi connectivity index (χ0n) is 18.0. The summed E-state index contributed by atoms with van der Waals surface area (Å²) in [5.41, 5.74) is -1.50. The zero-order chi connectivity index (χ0) is 21.1. The summed E-state index contributed by atoms with van der Waals surface area (Å²) in [5, 5.41) is 6.15. The summed E-state index contributed by atoms with van der Waals surface area (Å²) in [5.74, 6) is -1.75. The fraction of sp³-hybridized carbons (Fsp3) is 0.773. The number of nitrogens with zero attached hydrogens (tertiary/aromatic N) is 1. The van der Waals surface area contributed by atoms with Gasteiger partial charge in [-0.15, -0.1) is 0 Å². The molecule has 0 unspecified atom stereocenters. The van der Waals surface area contributed by atoms with E-state index in [4.69, 9.17) is 4.74 Å². The molecule has 0 radical (unpaired) electrons. The molecule has 0 aromatic carbocycles. The lowest BCUT2D eigenvalue weighted by molar-refractivity contribution is -0.144. The van der Waals surface area contributed by atoms with Gasteiger partial charge in [-0.05, 0) is 47.5 Å². The second-order valence-electron chi connectivity index (χ2n) is 10.3. The minimum atomic E-state index is -1.07. The van der Waals surface area contributed by atoms with E-state index in [1.807, 2.05) is 46.8 Å². The highest BCUT2D eigenvalue weighted by Gasteiger charge is 2.73. The molecular weight excluding hydrogens is 370 g/mol. The first kappa shape index (κ1) is 20.4. The van der Waals surface area contributed by atoms with Crippen molar-refractivity contribution in [2.45, 2.75) is 95.7 Å². The van der Waals surface area contributed by atoms with Gasteiger partial charge in [-0.2, -0.15) is 0 Å². The van der Waals surface area contributed by atoms with Gasteiger partial charge >= 0.3 is 0 Å². The average Bonchev–Trinajstić information content (AvgIpc) is 3.34. The van der Waals surface area contributed by atoms with Crippen LogP contribution in [-0.4, -0.2) is 58.0 Å². The van der Waals surface area contributed by atoms with Crippen molar-refractivity contribution in [1.29, 1.82) is 0 Å². The van der Waals surface area contributed by atoms with Crippen LogP contribution in [0.5, 0.6) is 0 Å². The quantitative estimate of drug-likeness (QED) is 0.697. The number of rotatable bonds is 4. The van der Waals surface area contributed by atoms with E-state index < -0.39 is 35.1 Å². The number of carbonyl (C=O) groups is 3. The number of hydrogen-bond donors (Lipinski definition) is 2. The normalized spacial score (nSPS) is 36.2. The number of hydrogen-bond acceptors (Lipinski definition) is 4. The fourth-order valence-electron chi connectivity index (χ4n) is 5.57. The third kappa shape index (κ3) is 3.18. The summed E-state index contributed by atoms with van der Waals surface area (Å²) >= 11 is 0. The number of amides is 3. The zero-order valence-corrected chi connectivity index (χ0v) is 18.0. The third-order valence-electron chi connectivity index (χ3n) is 6.62. The first-order chi connectivity index (χ1) is 13.5. The molecule has 2 N–H and O–H groups in total. The summed E-state index contributed by atoms with van der Waals surface area (Å²) in [7, 11) is 0. The largest absolute Gasteiger partial charge is 0.359 e. The van der Waals surface area contributed by atoms with Gasteiger partial charge in [-0.1, -0.05) is 25.0 Å². The van der Waals surface area contributed by atoms with Crippen LogP contribution in [0.25, 0.3) is 0 Å². The van der Waals surface area contributed by atoms with Crippen molar-refractivity contribution in [3.63, 3.8) is 0 Å². The topological polar surface area (TPSA) is 87.7 Å². The Hall–Kier alpha value is -1.89. The SMILES string of the molecule is CC(C)N1C(=O)[C@H]2[C@@H](C(=O)NC3CCCC3)[C@H]3C=C[C@@]2(O3)[C@@H]1C(=O)NC(C)(C)C. The van der Waals surface area contributed by atoms with Crippen molar-refractivity contribution in [1.82, 2.24) is 15.5 Å². The van der Waals surface area contributed by atoms with Crippen molar-refractivity contribution >= 4 is 17.7 Å². The third-order valence-corrected chi connectivity index (χ3v) is 6.62. The summed E-state index contributed by atoms with van der Waals surface area (Å²) < 4.78 is 6.29. The molecule has 0 aromatic rings. The monoisotopic (exact) mass is 403 g/mol. The Bertz CT molecular complexity index is 750. The van der Waals surface area contributed by atoms with Gasteiger partial charge in [0, 0.05) is 17.6 Å². The Morgan fingerprint density at radius 1 is 1.21 bits per heavy atom. The minimum absolute atomic E-state index is 0.118. The molecule has 1 saturated carbocycles. The number of fused-ring (bicyclic) bond motifs is 1. The summed E-state index contributed by atoms with van der Waals surface area (Å²) in [4.78, 5) is 41.6. The molecule has 0 aromatic heterocycles. The van der Waals surface area contributed by atoms with Crippen LogP contribution in [0.3, 0.4) is 0 Å². The first-order valence-corrected chi connectivity index (χ1v) is 10.9. The number of carbonyl (C=O) groups excluding carboxylic acids is 3. The molecule has 1 aliphatic carbocycles. The molecule has 2 bridgehead atoms. The van der Waals surface area contributed by atoms with Crippen LogP contribution in [0.2, 0.25) is 0 Å². The molecule has 160 valence electrons. The minimum Gasteiger partial charge on any atom is -0.359 e. The Labute approximate surface area is 172 Å². The average molecular weight is 404 g/mol. The van der Waals surface area contributed by atoms with Crippen molar-refractivity contribution in [2.24, 2.45) is 11.8 Å². The van der Waals surface area contributed by atoms with Crippen LogP contribution >= 0.6 is 0 Å². The van der Waals surface area contributed by atoms with Gasteiger partial charge in [0.05, 0.1) is 17.9 Å². The predicted octanol–water partition coefficient (Wildman–Crippen LogP) is 1.52. The van der Waals surface area contributed by atoms with E-state index in [0.717, 1.165) is 25.7 Å². The van der Waals surface area contributed by atoms with Gasteiger partial charge in [0.2, 0.25) is 17.7 Å². The molecule has 3 heterocycles. The molecule has 7 heteroatoms. The molecule has 4 rings (SSSR count). The molecule has 7 nitrogen and oxygen atoms in total. The van der Waals surface area contributed by atoms with E-state index in [1.54, 1.807) is 4.90 Å². The Morgan fingerprint density at radius 3 is 2.45 bits per heavy atom. The first-order valence-electron chi connectivity index (χ1n) is 10.9. The molecule has 3 aliphatic heterocycles. The predicted molar refractivity (Wildman–Crippen MR) is 108 cm³/mol. The number of likely N-dealkylation sites (tertiary alicyclic amines) is 1. The van der Waals surface area contributed by atoms with Crippen LogP contribution in [0.1, 0.15) is 60.3 Å². The number of ether oxygens (including phenoxy) is 1. The summed E-state index contributed by atoms with van der Waals surface area (Å²) in [6.07, 6.45) is 7.48. The van der Waals surface area contributed by atoms with Crippen LogP contribution < -0.4 is 10.6 Å². The maximum absolute atomic E-state index is 13.5. The van der Waals surface area contributed by atoms with E-state index in [1.165, 1.54) is 0 Å². The lowest BCUT2D eigenvalue weighted by atomic mass is 9.74. The number of nitrogens with one attached hydrogen (secondary N) is 2. The van der Waals surface area contributed by atoms with Crippen molar-refractivity contribution in [3.05, 3.63) is 12.2 Å². The molecule has 1 spiro atoms. The van der Waals surface area contributed by atoms with Crippen LogP contribution in [0, 0.1) is 11.8 Å². The van der Waals surface area contributed by atoms with E-state index >= 15 is 0 Å². The lowest BCUT2D eigenvalue weighted by Crippen LogP contribution is -2.59. The highest BCUT2D eigenvalue weighted by Crippen LogP contribution is 2.55.